The maximum Gasteiger partial charge on any atom is 0.303 e. The van der Waals surface area contributed by atoms with Crippen molar-refractivity contribution in [2.75, 3.05) is 13.2 Å². The van der Waals surface area contributed by atoms with Gasteiger partial charge in [0.25, 0.3) is 0 Å². The number of aliphatic carboxylic acids is 1. The van der Waals surface area contributed by atoms with E-state index in [-0.39, 0.29) is 18.6 Å². The Morgan fingerprint density at radius 1 is 1.46 bits per heavy atom. The SMILES string of the molecule is CC(C)C1OCC(CC(=O)O)CO1. The molecule has 4 heteroatoms. The van der Waals surface area contributed by atoms with Gasteiger partial charge in [-0.15, -0.1) is 0 Å². The Balaban J connectivity index is 2.26. The monoisotopic (exact) mass is 188 g/mol. The number of rotatable bonds is 3. The van der Waals surface area contributed by atoms with Crippen molar-refractivity contribution in [3.63, 3.8) is 0 Å². The van der Waals surface area contributed by atoms with Gasteiger partial charge in [0.15, 0.2) is 6.29 Å². The number of hydrogen-bond acceptors (Lipinski definition) is 3. The molecule has 0 aromatic carbocycles. The highest BCUT2D eigenvalue weighted by atomic mass is 16.7. The largest absolute Gasteiger partial charge is 0.481 e. The van der Waals surface area contributed by atoms with Gasteiger partial charge in [-0.1, -0.05) is 13.8 Å². The summed E-state index contributed by atoms with van der Waals surface area (Å²) >= 11 is 0. The van der Waals surface area contributed by atoms with E-state index in [0.717, 1.165) is 0 Å². The van der Waals surface area contributed by atoms with Crippen LogP contribution in [-0.2, 0) is 14.3 Å². The Labute approximate surface area is 77.8 Å². The third kappa shape index (κ3) is 3.32. The molecule has 0 spiro atoms. The van der Waals surface area contributed by atoms with Crippen LogP contribution in [0.2, 0.25) is 0 Å². The van der Waals surface area contributed by atoms with Crippen LogP contribution in [0.3, 0.4) is 0 Å². The molecular formula is C9H16O4. The van der Waals surface area contributed by atoms with Gasteiger partial charge in [-0.25, -0.2) is 0 Å². The molecule has 1 fully saturated rings. The second-order valence-electron chi connectivity index (χ2n) is 3.74. The summed E-state index contributed by atoms with van der Waals surface area (Å²) in [4.78, 5) is 10.4. The van der Waals surface area contributed by atoms with Gasteiger partial charge in [0.05, 0.1) is 19.6 Å². The summed E-state index contributed by atoms with van der Waals surface area (Å²) in [6.07, 6.45) is -0.0322. The van der Waals surface area contributed by atoms with Crippen LogP contribution in [0.4, 0.5) is 0 Å². The molecule has 0 saturated carbocycles. The summed E-state index contributed by atoms with van der Waals surface area (Å²) in [5.41, 5.74) is 0. The van der Waals surface area contributed by atoms with Crippen LogP contribution in [-0.4, -0.2) is 30.6 Å². The Kier molecular flexibility index (Phi) is 3.69. The Morgan fingerprint density at radius 3 is 2.38 bits per heavy atom. The van der Waals surface area contributed by atoms with Gasteiger partial charge in [0, 0.05) is 11.8 Å². The van der Waals surface area contributed by atoms with E-state index >= 15 is 0 Å². The fourth-order valence-electron chi connectivity index (χ4n) is 1.31. The van der Waals surface area contributed by atoms with Crippen molar-refractivity contribution in [3.8, 4) is 0 Å². The lowest BCUT2D eigenvalue weighted by Crippen LogP contribution is -2.36. The van der Waals surface area contributed by atoms with Crippen LogP contribution in [0.25, 0.3) is 0 Å². The summed E-state index contributed by atoms with van der Waals surface area (Å²) < 4.78 is 10.7. The minimum atomic E-state index is -0.791. The first-order valence-electron chi connectivity index (χ1n) is 4.54. The molecule has 1 aliphatic rings. The van der Waals surface area contributed by atoms with Crippen molar-refractivity contribution in [1.82, 2.24) is 0 Å². The average Bonchev–Trinajstić information content (AvgIpc) is 2.04. The zero-order chi connectivity index (χ0) is 9.84. The molecule has 76 valence electrons. The summed E-state index contributed by atoms with van der Waals surface area (Å²) in [5, 5.41) is 8.53. The molecule has 0 aliphatic carbocycles. The first-order chi connectivity index (χ1) is 6.09. The highest BCUT2D eigenvalue weighted by molar-refractivity contribution is 5.67. The van der Waals surface area contributed by atoms with Gasteiger partial charge in [0.1, 0.15) is 0 Å². The summed E-state index contributed by atoms with van der Waals surface area (Å²) in [6.45, 7) is 5.02. The lowest BCUT2D eigenvalue weighted by atomic mass is 10.1. The van der Waals surface area contributed by atoms with Crippen LogP contribution < -0.4 is 0 Å². The van der Waals surface area contributed by atoms with E-state index in [9.17, 15) is 4.79 Å². The van der Waals surface area contributed by atoms with Crippen LogP contribution in [0.1, 0.15) is 20.3 Å². The maximum atomic E-state index is 10.4. The van der Waals surface area contributed by atoms with Crippen LogP contribution in [0.15, 0.2) is 0 Å². The molecule has 0 unspecified atom stereocenters. The number of hydrogen-bond donors (Lipinski definition) is 1. The normalized spacial score (nSPS) is 29.2. The van der Waals surface area contributed by atoms with Crippen molar-refractivity contribution in [1.29, 1.82) is 0 Å². The molecule has 1 aliphatic heterocycles. The van der Waals surface area contributed by atoms with E-state index < -0.39 is 5.97 Å². The number of carboxylic acid groups (broad SMARTS) is 1. The van der Waals surface area contributed by atoms with E-state index in [2.05, 4.69) is 0 Å². The molecule has 0 bridgehead atoms. The third-order valence-electron chi connectivity index (χ3n) is 2.00. The predicted octanol–water partition coefficient (Wildman–Crippen LogP) is 1.11. The third-order valence-corrected chi connectivity index (χ3v) is 2.00. The van der Waals surface area contributed by atoms with Gasteiger partial charge in [-0.05, 0) is 0 Å². The molecule has 0 atom stereocenters. The molecule has 13 heavy (non-hydrogen) atoms. The second kappa shape index (κ2) is 4.58. The highest BCUT2D eigenvalue weighted by Gasteiger charge is 2.25. The van der Waals surface area contributed by atoms with Crippen molar-refractivity contribution in [2.45, 2.75) is 26.6 Å². The highest BCUT2D eigenvalue weighted by Crippen LogP contribution is 2.18. The maximum absolute atomic E-state index is 10.4. The minimum absolute atomic E-state index is 0.00694. The molecular weight excluding hydrogens is 172 g/mol. The quantitative estimate of drug-likeness (QED) is 0.720. The lowest BCUT2D eigenvalue weighted by Gasteiger charge is -2.30. The van der Waals surface area contributed by atoms with Crippen LogP contribution >= 0.6 is 0 Å². The number of ether oxygens (including phenoxy) is 2. The standard InChI is InChI=1S/C9H16O4/c1-6(2)9-12-4-7(5-13-9)3-8(10)11/h6-7,9H,3-5H2,1-2H3,(H,10,11). The smallest absolute Gasteiger partial charge is 0.303 e. The van der Waals surface area contributed by atoms with E-state index in [1.54, 1.807) is 0 Å². The van der Waals surface area contributed by atoms with Gasteiger partial charge < -0.3 is 14.6 Å². The van der Waals surface area contributed by atoms with Gasteiger partial charge >= 0.3 is 5.97 Å². The number of carboxylic acids is 1. The first-order valence-corrected chi connectivity index (χ1v) is 4.54. The fraction of sp³-hybridized carbons (Fsp3) is 0.889. The Hall–Kier alpha value is -0.610. The molecule has 1 rings (SSSR count). The van der Waals surface area contributed by atoms with E-state index in [4.69, 9.17) is 14.6 Å². The summed E-state index contributed by atoms with van der Waals surface area (Å²) in [5.74, 6) is -0.460. The molecule has 1 N–H and O–H groups in total. The van der Waals surface area contributed by atoms with Crippen LogP contribution in [0, 0.1) is 11.8 Å². The summed E-state index contributed by atoms with van der Waals surface area (Å²) in [7, 11) is 0. The molecule has 0 amide bonds. The summed E-state index contributed by atoms with van der Waals surface area (Å²) in [6, 6.07) is 0. The van der Waals surface area contributed by atoms with Crippen molar-refractivity contribution in [2.24, 2.45) is 11.8 Å². The molecule has 1 saturated heterocycles. The number of carbonyl (C=O) groups is 1. The minimum Gasteiger partial charge on any atom is -0.481 e. The average molecular weight is 188 g/mol. The Morgan fingerprint density at radius 2 is 2.00 bits per heavy atom. The predicted molar refractivity (Wildman–Crippen MR) is 46.3 cm³/mol. The topological polar surface area (TPSA) is 55.8 Å². The molecule has 0 radical (unpaired) electrons. The lowest BCUT2D eigenvalue weighted by molar-refractivity contribution is -0.220. The second-order valence-corrected chi connectivity index (χ2v) is 3.74. The zero-order valence-corrected chi connectivity index (χ0v) is 8.03. The van der Waals surface area contributed by atoms with E-state index in [0.29, 0.717) is 19.1 Å². The first kappa shape index (κ1) is 10.5. The van der Waals surface area contributed by atoms with Gasteiger partial charge in [-0.3, -0.25) is 4.79 Å². The molecule has 4 nitrogen and oxygen atoms in total. The van der Waals surface area contributed by atoms with Gasteiger partial charge in [-0.2, -0.15) is 0 Å². The molecule has 0 aromatic heterocycles. The molecule has 0 aromatic rings. The van der Waals surface area contributed by atoms with E-state index in [1.807, 2.05) is 13.8 Å². The Bertz CT molecular complexity index is 170. The van der Waals surface area contributed by atoms with Gasteiger partial charge in [0.2, 0.25) is 0 Å². The van der Waals surface area contributed by atoms with Crippen molar-refractivity contribution < 1.29 is 19.4 Å². The van der Waals surface area contributed by atoms with Crippen molar-refractivity contribution >= 4 is 5.97 Å². The van der Waals surface area contributed by atoms with Crippen LogP contribution in [0.5, 0.6) is 0 Å². The van der Waals surface area contributed by atoms with Crippen molar-refractivity contribution in [3.05, 3.63) is 0 Å². The molecule has 1 heterocycles. The fourth-order valence-corrected chi connectivity index (χ4v) is 1.31. The van der Waals surface area contributed by atoms with E-state index in [1.165, 1.54) is 0 Å². The zero-order valence-electron chi connectivity index (χ0n) is 8.03.